The Hall–Kier alpha value is -0.870. The number of nitrogens with zero attached hydrogens (tertiary/aromatic N) is 2. The summed E-state index contributed by atoms with van der Waals surface area (Å²) in [7, 11) is 4.06. The third-order valence-electron chi connectivity index (χ3n) is 2.72. The second-order valence-electron chi connectivity index (χ2n) is 4.35. The molecule has 0 fully saturated rings. The normalized spacial score (nSPS) is 20.0. The first-order valence-corrected chi connectivity index (χ1v) is 6.59. The van der Waals surface area contributed by atoms with E-state index in [0.29, 0.717) is 6.04 Å². The third-order valence-corrected chi connectivity index (χ3v) is 3.88. The molecule has 2 rings (SSSR count). The fourth-order valence-electron chi connectivity index (χ4n) is 1.80. The van der Waals surface area contributed by atoms with Gasteiger partial charge >= 0.3 is 0 Å². The predicted octanol–water partition coefficient (Wildman–Crippen LogP) is 2.41. The Morgan fingerprint density at radius 1 is 1.56 bits per heavy atom. The average Bonchev–Trinajstić information content (AvgIpc) is 2.76. The van der Waals surface area contributed by atoms with Crippen LogP contribution in [0.4, 0.5) is 5.13 Å². The van der Waals surface area contributed by atoms with Gasteiger partial charge in [-0.05, 0) is 19.3 Å². The van der Waals surface area contributed by atoms with Crippen molar-refractivity contribution in [2.75, 3.05) is 19.0 Å². The molecule has 1 aromatic rings. The number of nitrogens with one attached hydrogen (secondary N) is 1. The summed E-state index contributed by atoms with van der Waals surface area (Å²) < 4.78 is 0. The molecule has 0 spiro atoms. The highest BCUT2D eigenvalue weighted by Crippen LogP contribution is 2.20. The van der Waals surface area contributed by atoms with Crippen molar-refractivity contribution in [2.24, 2.45) is 0 Å². The Labute approximate surface area is 101 Å². The smallest absolute Gasteiger partial charge is 0.185 e. The maximum atomic E-state index is 4.37. The predicted molar refractivity (Wildman–Crippen MR) is 70.1 cm³/mol. The summed E-state index contributed by atoms with van der Waals surface area (Å²) >= 11 is 1.76. The van der Waals surface area contributed by atoms with Gasteiger partial charge in [-0.1, -0.05) is 12.2 Å². The zero-order valence-corrected chi connectivity index (χ0v) is 10.8. The van der Waals surface area contributed by atoms with Gasteiger partial charge in [0.15, 0.2) is 5.13 Å². The Morgan fingerprint density at radius 3 is 3.06 bits per heavy atom. The van der Waals surface area contributed by atoms with Crippen molar-refractivity contribution in [3.63, 3.8) is 0 Å². The molecule has 3 nitrogen and oxygen atoms in total. The summed E-state index contributed by atoms with van der Waals surface area (Å²) in [5, 5.41) is 4.63. The molecule has 16 heavy (non-hydrogen) atoms. The van der Waals surface area contributed by atoms with E-state index in [1.165, 1.54) is 24.1 Å². The molecule has 1 heterocycles. The molecule has 1 atom stereocenters. The lowest BCUT2D eigenvalue weighted by atomic mass is 10.0. The molecule has 0 aromatic carbocycles. The van der Waals surface area contributed by atoms with Crippen molar-refractivity contribution in [2.45, 2.75) is 31.8 Å². The first-order chi connectivity index (χ1) is 7.75. The van der Waals surface area contributed by atoms with Crippen LogP contribution in [0.2, 0.25) is 0 Å². The van der Waals surface area contributed by atoms with Gasteiger partial charge in [-0.15, -0.1) is 11.3 Å². The summed E-state index contributed by atoms with van der Waals surface area (Å²) in [6, 6.07) is 0.554. The quantitative estimate of drug-likeness (QED) is 0.815. The van der Waals surface area contributed by atoms with Crippen LogP contribution < -0.4 is 10.2 Å². The van der Waals surface area contributed by atoms with Crippen molar-refractivity contribution < 1.29 is 0 Å². The van der Waals surface area contributed by atoms with Gasteiger partial charge in [-0.25, -0.2) is 4.98 Å². The van der Waals surface area contributed by atoms with Crippen LogP contribution in [0.3, 0.4) is 0 Å². The minimum atomic E-state index is 0.554. The first kappa shape index (κ1) is 11.6. The lowest BCUT2D eigenvalue weighted by Gasteiger charge is -2.17. The number of anilines is 1. The fraction of sp³-hybridized carbons (Fsp3) is 0.583. The maximum Gasteiger partial charge on any atom is 0.185 e. The first-order valence-electron chi connectivity index (χ1n) is 5.78. The Morgan fingerprint density at radius 2 is 2.44 bits per heavy atom. The van der Waals surface area contributed by atoms with Crippen LogP contribution in [0.15, 0.2) is 18.3 Å². The van der Waals surface area contributed by atoms with Crippen LogP contribution in [0.25, 0.3) is 0 Å². The van der Waals surface area contributed by atoms with Crippen molar-refractivity contribution >= 4 is 16.5 Å². The van der Waals surface area contributed by atoms with Gasteiger partial charge in [0.25, 0.3) is 0 Å². The second-order valence-corrected chi connectivity index (χ2v) is 5.44. The Balaban J connectivity index is 1.84. The van der Waals surface area contributed by atoms with Gasteiger partial charge in [0, 0.05) is 37.8 Å². The molecule has 1 unspecified atom stereocenters. The number of rotatable bonds is 4. The van der Waals surface area contributed by atoms with Crippen LogP contribution >= 0.6 is 11.3 Å². The van der Waals surface area contributed by atoms with Crippen molar-refractivity contribution in [3.8, 4) is 0 Å². The van der Waals surface area contributed by atoms with Crippen LogP contribution in [0.5, 0.6) is 0 Å². The van der Waals surface area contributed by atoms with E-state index in [-0.39, 0.29) is 0 Å². The largest absolute Gasteiger partial charge is 0.354 e. The molecular weight excluding hydrogens is 218 g/mol. The van der Waals surface area contributed by atoms with E-state index in [4.69, 9.17) is 0 Å². The standard InChI is InChI=1S/C12H19N3S/c1-15(2)12-14-9-11(16-12)8-13-10-6-4-3-5-7-10/h4,6,9-10,13H,3,5,7-8H2,1-2H3. The van der Waals surface area contributed by atoms with Crippen molar-refractivity contribution in [1.29, 1.82) is 0 Å². The van der Waals surface area contributed by atoms with E-state index in [0.717, 1.165) is 11.7 Å². The minimum Gasteiger partial charge on any atom is -0.354 e. The lowest BCUT2D eigenvalue weighted by Crippen LogP contribution is -2.27. The summed E-state index contributed by atoms with van der Waals surface area (Å²) in [5.74, 6) is 0. The van der Waals surface area contributed by atoms with Crippen LogP contribution in [0, 0.1) is 0 Å². The average molecular weight is 237 g/mol. The van der Waals surface area contributed by atoms with E-state index in [9.17, 15) is 0 Å². The highest BCUT2D eigenvalue weighted by atomic mass is 32.1. The van der Waals surface area contributed by atoms with Crippen molar-refractivity contribution in [3.05, 3.63) is 23.2 Å². The molecule has 0 saturated heterocycles. The van der Waals surface area contributed by atoms with Gasteiger partial charge in [0.05, 0.1) is 0 Å². The van der Waals surface area contributed by atoms with Crippen LogP contribution in [0.1, 0.15) is 24.1 Å². The van der Waals surface area contributed by atoms with E-state index in [1.807, 2.05) is 20.3 Å². The molecule has 1 aliphatic carbocycles. The van der Waals surface area contributed by atoms with Gasteiger partial charge in [0.1, 0.15) is 0 Å². The molecule has 0 aliphatic heterocycles. The summed E-state index contributed by atoms with van der Waals surface area (Å²) in [5.41, 5.74) is 0. The van der Waals surface area contributed by atoms with Crippen LogP contribution in [-0.2, 0) is 6.54 Å². The van der Waals surface area contributed by atoms with Gasteiger partial charge in [-0.3, -0.25) is 0 Å². The minimum absolute atomic E-state index is 0.554. The zero-order chi connectivity index (χ0) is 11.4. The molecule has 0 bridgehead atoms. The third kappa shape index (κ3) is 3.06. The zero-order valence-electron chi connectivity index (χ0n) is 9.94. The summed E-state index contributed by atoms with van der Waals surface area (Å²) in [6.45, 7) is 0.931. The number of thiazole rings is 1. The number of hydrogen-bond donors (Lipinski definition) is 1. The molecule has 1 aromatic heterocycles. The highest BCUT2D eigenvalue weighted by Gasteiger charge is 2.09. The monoisotopic (exact) mass is 237 g/mol. The van der Waals surface area contributed by atoms with Gasteiger partial charge in [0.2, 0.25) is 0 Å². The Kier molecular flexibility index (Phi) is 3.96. The molecule has 4 heteroatoms. The molecular formula is C12H19N3S. The number of hydrogen-bond acceptors (Lipinski definition) is 4. The highest BCUT2D eigenvalue weighted by molar-refractivity contribution is 7.15. The fourth-order valence-corrected chi connectivity index (χ4v) is 2.58. The lowest BCUT2D eigenvalue weighted by molar-refractivity contribution is 0.524. The van der Waals surface area contributed by atoms with E-state index in [1.54, 1.807) is 11.3 Å². The molecule has 0 amide bonds. The molecule has 1 N–H and O–H groups in total. The molecule has 0 saturated carbocycles. The van der Waals surface area contributed by atoms with Gasteiger partial charge in [-0.2, -0.15) is 0 Å². The van der Waals surface area contributed by atoms with Gasteiger partial charge < -0.3 is 10.2 Å². The topological polar surface area (TPSA) is 28.2 Å². The molecule has 88 valence electrons. The number of allylic oxidation sites excluding steroid dienone is 1. The van der Waals surface area contributed by atoms with Crippen molar-refractivity contribution in [1.82, 2.24) is 10.3 Å². The summed E-state index contributed by atoms with van der Waals surface area (Å²) in [6.07, 6.45) is 10.3. The van der Waals surface area contributed by atoms with E-state index in [2.05, 4.69) is 27.4 Å². The van der Waals surface area contributed by atoms with E-state index >= 15 is 0 Å². The van der Waals surface area contributed by atoms with Crippen LogP contribution in [-0.4, -0.2) is 25.1 Å². The van der Waals surface area contributed by atoms with E-state index < -0.39 is 0 Å². The maximum absolute atomic E-state index is 4.37. The molecule has 0 radical (unpaired) electrons. The SMILES string of the molecule is CN(C)c1ncc(CNC2C=CCCC2)s1. The number of aromatic nitrogens is 1. The Bertz CT molecular complexity index is 357. The molecule has 1 aliphatic rings. The summed E-state index contributed by atoms with van der Waals surface area (Å²) in [4.78, 5) is 7.72. The second kappa shape index (κ2) is 5.46.